The van der Waals surface area contributed by atoms with Gasteiger partial charge in [-0.25, -0.2) is 0 Å². The Bertz CT molecular complexity index is 940. The highest BCUT2D eigenvalue weighted by Gasteiger charge is 2.51. The highest BCUT2D eigenvalue weighted by molar-refractivity contribution is 7.10. The number of ether oxygens (including phenoxy) is 1. The van der Waals surface area contributed by atoms with Crippen molar-refractivity contribution in [3.63, 3.8) is 0 Å². The first-order valence-corrected chi connectivity index (χ1v) is 9.08. The van der Waals surface area contributed by atoms with E-state index in [9.17, 15) is 14.9 Å². The fraction of sp³-hybridized carbons (Fsp3) is 0.316. The van der Waals surface area contributed by atoms with Gasteiger partial charge in [-0.05, 0) is 38.3 Å². The van der Waals surface area contributed by atoms with E-state index < -0.39 is 28.5 Å². The van der Waals surface area contributed by atoms with E-state index >= 15 is 0 Å². The lowest BCUT2D eigenvalue weighted by atomic mass is 9.78. The van der Waals surface area contributed by atoms with Crippen molar-refractivity contribution in [1.82, 2.24) is 4.98 Å². The maximum absolute atomic E-state index is 13.3. The van der Waals surface area contributed by atoms with Gasteiger partial charge in [0.15, 0.2) is 5.41 Å². The molecule has 0 fully saturated rings. The standard InChI is InChI=1S/C19H20N2O4S/c1-18(2,3)25-17(22)19(12-21(23)24,16-9-6-10-26-16)14-11-20-15-8-5-4-7-13(14)15/h4-11,20H,12H2,1-3H3/t19-/m1/s1. The van der Waals surface area contributed by atoms with Crippen LogP contribution in [-0.2, 0) is 14.9 Å². The van der Waals surface area contributed by atoms with Crippen LogP contribution in [0.4, 0.5) is 0 Å². The number of carbonyl (C=O) groups is 1. The number of hydrogen-bond donors (Lipinski definition) is 1. The second kappa shape index (κ2) is 6.57. The van der Waals surface area contributed by atoms with Crippen LogP contribution >= 0.6 is 11.3 Å². The van der Waals surface area contributed by atoms with Crippen molar-refractivity contribution in [3.8, 4) is 0 Å². The molecule has 0 aliphatic heterocycles. The van der Waals surface area contributed by atoms with E-state index in [1.165, 1.54) is 11.3 Å². The van der Waals surface area contributed by atoms with Gasteiger partial charge in [0.2, 0.25) is 6.54 Å². The summed E-state index contributed by atoms with van der Waals surface area (Å²) in [7, 11) is 0. The van der Waals surface area contributed by atoms with Crippen LogP contribution in [0.5, 0.6) is 0 Å². The first-order chi connectivity index (χ1) is 12.2. The van der Waals surface area contributed by atoms with E-state index in [1.54, 1.807) is 39.1 Å². The van der Waals surface area contributed by atoms with Crippen LogP contribution in [0.25, 0.3) is 10.9 Å². The van der Waals surface area contributed by atoms with Gasteiger partial charge in [0.1, 0.15) is 5.60 Å². The maximum atomic E-state index is 13.3. The maximum Gasteiger partial charge on any atom is 0.329 e. The SMILES string of the molecule is CC(C)(C)OC(=O)[C@@](C[N+](=O)[O-])(c1cccs1)c1c[nH]c2ccccc12. The number of hydrogen-bond acceptors (Lipinski definition) is 5. The molecule has 2 aromatic heterocycles. The van der Waals surface area contributed by atoms with Gasteiger partial charge in [-0.2, -0.15) is 0 Å². The molecule has 0 spiro atoms. The van der Waals surface area contributed by atoms with E-state index in [0.29, 0.717) is 10.4 Å². The third kappa shape index (κ3) is 3.22. The van der Waals surface area contributed by atoms with E-state index in [0.717, 1.165) is 10.9 Å². The Hall–Kier alpha value is -2.67. The molecule has 1 aromatic carbocycles. The molecule has 1 N–H and O–H groups in total. The number of fused-ring (bicyclic) bond motifs is 1. The number of benzene rings is 1. The largest absolute Gasteiger partial charge is 0.459 e. The van der Waals surface area contributed by atoms with Crippen LogP contribution in [0.3, 0.4) is 0 Å². The van der Waals surface area contributed by atoms with E-state index in [-0.39, 0.29) is 0 Å². The number of esters is 1. The van der Waals surface area contributed by atoms with Gasteiger partial charge in [0, 0.05) is 32.5 Å². The minimum absolute atomic E-state index is 0.453. The molecule has 0 radical (unpaired) electrons. The van der Waals surface area contributed by atoms with E-state index in [2.05, 4.69) is 4.98 Å². The average Bonchev–Trinajstić information content (AvgIpc) is 3.21. The fourth-order valence-corrected chi connectivity index (χ4v) is 4.00. The van der Waals surface area contributed by atoms with Crippen molar-refractivity contribution in [3.05, 3.63) is 68.5 Å². The number of para-hydroxylation sites is 1. The third-order valence-corrected chi connectivity index (χ3v) is 5.14. The van der Waals surface area contributed by atoms with Crippen molar-refractivity contribution in [2.24, 2.45) is 0 Å². The second-order valence-electron chi connectivity index (χ2n) is 7.12. The zero-order valence-corrected chi connectivity index (χ0v) is 15.6. The number of aromatic nitrogens is 1. The summed E-state index contributed by atoms with van der Waals surface area (Å²) in [4.78, 5) is 28.2. The summed E-state index contributed by atoms with van der Waals surface area (Å²) in [5.74, 6) is -0.617. The molecule has 26 heavy (non-hydrogen) atoms. The Morgan fingerprint density at radius 3 is 2.58 bits per heavy atom. The first-order valence-electron chi connectivity index (χ1n) is 8.20. The zero-order valence-electron chi connectivity index (χ0n) is 14.8. The van der Waals surface area contributed by atoms with Crippen molar-refractivity contribution >= 4 is 28.2 Å². The van der Waals surface area contributed by atoms with Gasteiger partial charge in [-0.15, -0.1) is 11.3 Å². The molecule has 0 aliphatic rings. The van der Waals surface area contributed by atoms with Crippen molar-refractivity contribution in [2.45, 2.75) is 31.8 Å². The number of nitrogens with one attached hydrogen (secondary N) is 1. The molecular formula is C19H20N2O4S. The Balaban J connectivity index is 2.30. The number of H-pyrrole nitrogens is 1. The Kier molecular flexibility index (Phi) is 4.58. The second-order valence-corrected chi connectivity index (χ2v) is 8.07. The van der Waals surface area contributed by atoms with Gasteiger partial charge in [0.25, 0.3) is 0 Å². The van der Waals surface area contributed by atoms with Gasteiger partial charge in [-0.3, -0.25) is 14.9 Å². The summed E-state index contributed by atoms with van der Waals surface area (Å²) in [6, 6.07) is 11.0. The Morgan fingerprint density at radius 1 is 1.23 bits per heavy atom. The molecule has 2 heterocycles. The Morgan fingerprint density at radius 2 is 1.96 bits per heavy atom. The molecule has 0 saturated heterocycles. The van der Waals surface area contributed by atoms with Crippen molar-refractivity contribution in [1.29, 1.82) is 0 Å². The number of aromatic amines is 1. The van der Waals surface area contributed by atoms with Crippen LogP contribution in [0.2, 0.25) is 0 Å². The lowest BCUT2D eigenvalue weighted by Gasteiger charge is -2.31. The molecule has 6 nitrogen and oxygen atoms in total. The van der Waals surface area contributed by atoms with E-state index in [1.807, 2.05) is 29.6 Å². The predicted octanol–water partition coefficient (Wildman–Crippen LogP) is 4.13. The van der Waals surface area contributed by atoms with Crippen LogP contribution in [0.15, 0.2) is 48.0 Å². The number of rotatable bonds is 5. The minimum atomic E-state index is -1.51. The Labute approximate surface area is 155 Å². The highest BCUT2D eigenvalue weighted by Crippen LogP contribution is 2.41. The molecule has 136 valence electrons. The smallest absolute Gasteiger partial charge is 0.329 e. The summed E-state index contributed by atoms with van der Waals surface area (Å²) >= 11 is 1.31. The lowest BCUT2D eigenvalue weighted by Crippen LogP contribution is -2.46. The van der Waals surface area contributed by atoms with Crippen LogP contribution in [-0.4, -0.2) is 28.0 Å². The molecule has 3 rings (SSSR count). The third-order valence-electron chi connectivity index (χ3n) is 4.10. The predicted molar refractivity (Wildman–Crippen MR) is 101 cm³/mol. The van der Waals surface area contributed by atoms with Crippen molar-refractivity contribution < 1.29 is 14.5 Å². The quantitative estimate of drug-likeness (QED) is 0.414. The van der Waals surface area contributed by atoms with Crippen molar-refractivity contribution in [2.75, 3.05) is 6.54 Å². The fourth-order valence-electron chi connectivity index (χ4n) is 3.08. The topological polar surface area (TPSA) is 85.2 Å². The summed E-state index contributed by atoms with van der Waals surface area (Å²) < 4.78 is 5.65. The first kappa shape index (κ1) is 18.1. The van der Waals surface area contributed by atoms with Gasteiger partial charge < -0.3 is 9.72 Å². The molecular weight excluding hydrogens is 352 g/mol. The lowest BCUT2D eigenvalue weighted by molar-refractivity contribution is -0.486. The van der Waals surface area contributed by atoms with Gasteiger partial charge >= 0.3 is 5.97 Å². The highest BCUT2D eigenvalue weighted by atomic mass is 32.1. The molecule has 0 bridgehead atoms. The minimum Gasteiger partial charge on any atom is -0.459 e. The number of nitrogens with zero attached hydrogens (tertiary/aromatic N) is 1. The number of nitro groups is 1. The molecule has 7 heteroatoms. The van der Waals surface area contributed by atoms with Crippen LogP contribution < -0.4 is 0 Å². The summed E-state index contributed by atoms with van der Waals surface area (Å²) in [5.41, 5.74) is -0.899. The molecule has 0 unspecified atom stereocenters. The number of thiophene rings is 1. The molecule has 0 aliphatic carbocycles. The normalized spacial score (nSPS) is 14.1. The zero-order chi connectivity index (χ0) is 18.9. The summed E-state index contributed by atoms with van der Waals surface area (Å²) in [6.45, 7) is 4.69. The molecule has 0 amide bonds. The molecule has 3 aromatic rings. The average molecular weight is 372 g/mol. The van der Waals surface area contributed by atoms with Gasteiger partial charge in [0.05, 0.1) is 0 Å². The van der Waals surface area contributed by atoms with E-state index in [4.69, 9.17) is 4.74 Å². The summed E-state index contributed by atoms with van der Waals surface area (Å²) in [5, 5.41) is 14.2. The van der Waals surface area contributed by atoms with Crippen LogP contribution in [0, 0.1) is 10.1 Å². The molecule has 1 atom stereocenters. The molecule has 0 saturated carbocycles. The number of carbonyl (C=O) groups excluding carboxylic acids is 1. The van der Waals surface area contributed by atoms with Gasteiger partial charge in [-0.1, -0.05) is 24.3 Å². The summed E-state index contributed by atoms with van der Waals surface area (Å²) in [6.07, 6.45) is 1.68. The monoisotopic (exact) mass is 372 g/mol. The van der Waals surface area contributed by atoms with Crippen LogP contribution in [0.1, 0.15) is 31.2 Å².